The van der Waals surface area contributed by atoms with Crippen LogP contribution in [-0.4, -0.2) is 0 Å². The monoisotopic (exact) mass is 307 g/mol. The molecule has 1 aromatic heterocycles. The Morgan fingerprint density at radius 3 is 2.20 bits per heavy atom. The van der Waals surface area contributed by atoms with Crippen molar-refractivity contribution >= 4 is 22.9 Å². The second kappa shape index (κ2) is 6.30. The molecule has 1 heterocycles. The summed E-state index contributed by atoms with van der Waals surface area (Å²) in [5, 5.41) is 3.75. The fourth-order valence-corrected chi connectivity index (χ4v) is 3.46. The maximum atomic E-state index is 6.04. The van der Waals surface area contributed by atoms with Gasteiger partial charge in [-0.1, -0.05) is 62.7 Å². The Labute approximate surface area is 131 Å². The van der Waals surface area contributed by atoms with Crippen LogP contribution in [0.5, 0.6) is 0 Å². The summed E-state index contributed by atoms with van der Waals surface area (Å²) in [5.41, 5.74) is 1.48. The summed E-state index contributed by atoms with van der Waals surface area (Å²) < 4.78 is 0.848. The van der Waals surface area contributed by atoms with Gasteiger partial charge in [0.15, 0.2) is 0 Å². The van der Waals surface area contributed by atoms with E-state index in [-0.39, 0.29) is 11.5 Å². The number of nitrogens with one attached hydrogen (secondary N) is 1. The molecule has 1 nitrogen and oxygen atoms in total. The minimum Gasteiger partial charge on any atom is -0.302 e. The Morgan fingerprint density at radius 1 is 1.05 bits per heavy atom. The molecule has 0 radical (unpaired) electrons. The average molecular weight is 308 g/mol. The number of hydrogen-bond donors (Lipinski definition) is 1. The van der Waals surface area contributed by atoms with Crippen molar-refractivity contribution in [2.24, 2.45) is 5.41 Å². The summed E-state index contributed by atoms with van der Waals surface area (Å²) in [7, 11) is 0. The summed E-state index contributed by atoms with van der Waals surface area (Å²) >= 11 is 7.69. The molecule has 108 valence electrons. The van der Waals surface area contributed by atoms with Crippen LogP contribution in [0.15, 0.2) is 42.5 Å². The lowest BCUT2D eigenvalue weighted by atomic mass is 9.82. The zero-order valence-electron chi connectivity index (χ0n) is 12.5. The molecule has 2 aromatic rings. The Hall–Kier alpha value is -0.830. The molecular weight excluding hydrogens is 286 g/mol. The Bertz CT molecular complexity index is 542. The Morgan fingerprint density at radius 2 is 1.70 bits per heavy atom. The van der Waals surface area contributed by atoms with Crippen molar-refractivity contribution in [3.8, 4) is 0 Å². The third-order valence-electron chi connectivity index (χ3n) is 3.44. The van der Waals surface area contributed by atoms with Crippen molar-refractivity contribution in [2.45, 2.75) is 39.8 Å². The third-order valence-corrected chi connectivity index (χ3v) is 4.85. The normalized spacial score (nSPS) is 15.1. The van der Waals surface area contributed by atoms with Gasteiger partial charge in [0.05, 0.1) is 4.34 Å². The van der Waals surface area contributed by atoms with Gasteiger partial charge in [0.2, 0.25) is 0 Å². The van der Waals surface area contributed by atoms with Crippen molar-refractivity contribution in [1.82, 2.24) is 5.32 Å². The van der Waals surface area contributed by atoms with Gasteiger partial charge < -0.3 is 5.32 Å². The van der Waals surface area contributed by atoms with Gasteiger partial charge in [-0.2, -0.15) is 0 Å². The van der Waals surface area contributed by atoms with Crippen molar-refractivity contribution < 1.29 is 0 Å². The minimum atomic E-state index is 0.149. The van der Waals surface area contributed by atoms with E-state index in [1.807, 2.05) is 6.07 Å². The SMILES string of the molecule is CC(NC(c1ccccc1)C(C)(C)C)c1ccc(Cl)s1. The van der Waals surface area contributed by atoms with E-state index in [0.29, 0.717) is 6.04 Å². The zero-order valence-corrected chi connectivity index (χ0v) is 14.1. The lowest BCUT2D eigenvalue weighted by Gasteiger charge is -2.34. The van der Waals surface area contributed by atoms with Crippen LogP contribution in [-0.2, 0) is 0 Å². The molecule has 2 rings (SSSR count). The molecule has 0 saturated carbocycles. The molecule has 1 N–H and O–H groups in total. The number of rotatable bonds is 4. The second-order valence-electron chi connectivity index (χ2n) is 6.24. The van der Waals surface area contributed by atoms with Gasteiger partial charge in [-0.3, -0.25) is 0 Å². The molecule has 0 aliphatic carbocycles. The summed E-state index contributed by atoms with van der Waals surface area (Å²) in [4.78, 5) is 1.28. The van der Waals surface area contributed by atoms with Crippen LogP contribution in [0, 0.1) is 5.41 Å². The maximum Gasteiger partial charge on any atom is 0.0931 e. The van der Waals surface area contributed by atoms with Crippen molar-refractivity contribution in [3.05, 3.63) is 57.2 Å². The highest BCUT2D eigenvalue weighted by molar-refractivity contribution is 7.16. The van der Waals surface area contributed by atoms with Gasteiger partial charge in [-0.05, 0) is 30.0 Å². The van der Waals surface area contributed by atoms with Crippen LogP contribution in [0.3, 0.4) is 0 Å². The summed E-state index contributed by atoms with van der Waals surface area (Å²) in [6, 6.07) is 15.3. The number of benzene rings is 1. The number of halogens is 1. The molecule has 0 bridgehead atoms. The smallest absolute Gasteiger partial charge is 0.0931 e. The highest BCUT2D eigenvalue weighted by atomic mass is 35.5. The Kier molecular flexibility index (Phi) is 4.90. The molecule has 20 heavy (non-hydrogen) atoms. The quantitative estimate of drug-likeness (QED) is 0.748. The van der Waals surface area contributed by atoms with E-state index in [1.54, 1.807) is 11.3 Å². The summed E-state index contributed by atoms with van der Waals surface area (Å²) in [6.45, 7) is 9.01. The van der Waals surface area contributed by atoms with Crippen LogP contribution in [0.2, 0.25) is 4.34 Å². The highest BCUT2D eigenvalue weighted by Crippen LogP contribution is 2.36. The van der Waals surface area contributed by atoms with Crippen molar-refractivity contribution in [1.29, 1.82) is 0 Å². The van der Waals surface area contributed by atoms with E-state index in [9.17, 15) is 0 Å². The standard InChI is InChI=1S/C17H22ClNS/c1-12(14-10-11-15(18)20-14)19-16(17(2,3)4)13-8-6-5-7-9-13/h5-12,16,19H,1-4H3. The first kappa shape index (κ1) is 15.6. The topological polar surface area (TPSA) is 12.0 Å². The predicted octanol–water partition coefficient (Wildman–Crippen LogP) is 5.84. The van der Waals surface area contributed by atoms with Crippen LogP contribution >= 0.6 is 22.9 Å². The predicted molar refractivity (Wildman–Crippen MR) is 89.5 cm³/mol. The molecule has 0 amide bonds. The molecule has 0 fully saturated rings. The van der Waals surface area contributed by atoms with Crippen molar-refractivity contribution in [2.75, 3.05) is 0 Å². The van der Waals surface area contributed by atoms with Gasteiger partial charge in [-0.25, -0.2) is 0 Å². The lowest BCUT2D eigenvalue weighted by molar-refractivity contribution is 0.255. The molecule has 0 saturated heterocycles. The number of hydrogen-bond acceptors (Lipinski definition) is 2. The number of thiophene rings is 1. The van der Waals surface area contributed by atoms with Gasteiger partial charge in [0.1, 0.15) is 0 Å². The first-order valence-corrected chi connectivity index (χ1v) is 8.13. The Balaban J connectivity index is 2.21. The highest BCUT2D eigenvalue weighted by Gasteiger charge is 2.27. The lowest BCUT2D eigenvalue weighted by Crippen LogP contribution is -2.33. The molecule has 0 spiro atoms. The average Bonchev–Trinajstić information content (AvgIpc) is 2.82. The van der Waals surface area contributed by atoms with Gasteiger partial charge in [0, 0.05) is 17.0 Å². The fourth-order valence-electron chi connectivity index (χ4n) is 2.38. The molecule has 2 unspecified atom stereocenters. The second-order valence-corrected chi connectivity index (χ2v) is 7.99. The fraction of sp³-hybridized carbons (Fsp3) is 0.412. The van der Waals surface area contributed by atoms with Gasteiger partial charge >= 0.3 is 0 Å². The molecular formula is C17H22ClNS. The van der Waals surface area contributed by atoms with Crippen LogP contribution in [0.25, 0.3) is 0 Å². The van der Waals surface area contributed by atoms with Crippen LogP contribution in [0.1, 0.15) is 50.2 Å². The van der Waals surface area contributed by atoms with E-state index < -0.39 is 0 Å². The first-order valence-electron chi connectivity index (χ1n) is 6.94. The maximum absolute atomic E-state index is 6.04. The summed E-state index contributed by atoms with van der Waals surface area (Å²) in [5.74, 6) is 0. The molecule has 3 heteroatoms. The van der Waals surface area contributed by atoms with E-state index in [2.05, 4.69) is 69.4 Å². The molecule has 1 aromatic carbocycles. The van der Waals surface area contributed by atoms with E-state index in [4.69, 9.17) is 11.6 Å². The minimum absolute atomic E-state index is 0.149. The molecule has 0 aliphatic rings. The summed E-state index contributed by atoms with van der Waals surface area (Å²) in [6.07, 6.45) is 0. The van der Waals surface area contributed by atoms with Crippen molar-refractivity contribution in [3.63, 3.8) is 0 Å². The molecule has 0 aliphatic heterocycles. The van der Waals surface area contributed by atoms with Gasteiger partial charge in [0.25, 0.3) is 0 Å². The zero-order chi connectivity index (χ0) is 14.8. The first-order chi connectivity index (χ1) is 9.38. The largest absolute Gasteiger partial charge is 0.302 e. The van der Waals surface area contributed by atoms with Gasteiger partial charge in [-0.15, -0.1) is 11.3 Å². The molecule has 2 atom stereocenters. The van der Waals surface area contributed by atoms with E-state index >= 15 is 0 Å². The van der Waals surface area contributed by atoms with E-state index in [0.717, 1.165) is 4.34 Å². The van der Waals surface area contributed by atoms with Crippen LogP contribution < -0.4 is 5.32 Å². The third kappa shape index (κ3) is 3.85. The van der Waals surface area contributed by atoms with E-state index in [1.165, 1.54) is 10.4 Å². The van der Waals surface area contributed by atoms with Crippen LogP contribution in [0.4, 0.5) is 0 Å².